The van der Waals surface area contributed by atoms with Crippen LogP contribution in [0.1, 0.15) is 0 Å². The van der Waals surface area contributed by atoms with Gasteiger partial charge >= 0.3 is 0 Å². The van der Waals surface area contributed by atoms with E-state index in [-0.39, 0.29) is 0 Å². The normalized spacial score (nSPS) is 11.3. The topological polar surface area (TPSA) is 51.6 Å². The summed E-state index contributed by atoms with van der Waals surface area (Å²) in [7, 11) is 0. The predicted octanol–water partition coefficient (Wildman–Crippen LogP) is 25.7. The minimum absolute atomic E-state index is 0.713. The van der Waals surface area contributed by atoms with Gasteiger partial charge in [0.05, 0.1) is 22.8 Å². The first-order chi connectivity index (χ1) is 48.5. The maximum absolute atomic E-state index is 5.05. The van der Waals surface area contributed by atoms with Crippen LogP contribution in [-0.4, -0.2) is 19.9 Å². The van der Waals surface area contributed by atoms with E-state index in [1.165, 1.54) is 102 Å². The zero-order chi connectivity index (χ0) is 65.1. The standard InChI is InChI=1S/C52H34N2S.C40H26N2S/c1-3-9-35(10-4-1)36-23-27-42(28-24-36)48-34-49(54-52(53-48)44-11-5-2-6-12-44)43-29-25-40(26-30-43)38-17-15-37(16-18-38)39-19-21-41(22-20-39)45-31-32-51-47(33-45)46-13-7-8-14-50(46)55-51;1-3-10-30(11-4-1)36-26-37(42-40(41-36)32-12-5-2-6-13-32)31-24-20-28(21-25-31)27-18-22-29(23-19-27)33-15-9-16-35-34-14-7-8-17-38(34)43-39(33)35/h1-34H;1-26H. The second-order valence-corrected chi connectivity index (χ2v) is 26.6. The molecule has 0 fully saturated rings. The molecule has 18 rings (SSSR count). The van der Waals surface area contributed by atoms with Crippen LogP contribution in [0.4, 0.5) is 0 Å². The van der Waals surface area contributed by atoms with Gasteiger partial charge in [-0.15, -0.1) is 22.7 Å². The second-order valence-electron chi connectivity index (χ2n) is 24.4. The van der Waals surface area contributed by atoms with Crippen LogP contribution in [0.2, 0.25) is 0 Å². The van der Waals surface area contributed by atoms with Crippen LogP contribution in [0, 0.1) is 0 Å². The summed E-state index contributed by atoms with van der Waals surface area (Å²) in [6, 6.07) is 129. The number of fused-ring (bicyclic) bond motifs is 6. The molecule has 0 aliphatic rings. The molecule has 4 nitrogen and oxygen atoms in total. The molecule has 0 spiro atoms. The van der Waals surface area contributed by atoms with Crippen molar-refractivity contribution in [2.45, 2.75) is 0 Å². The van der Waals surface area contributed by atoms with Crippen molar-refractivity contribution in [2.75, 3.05) is 0 Å². The third-order valence-corrected chi connectivity index (χ3v) is 20.7. The van der Waals surface area contributed by atoms with Crippen molar-refractivity contribution in [3.05, 3.63) is 364 Å². The van der Waals surface area contributed by atoms with E-state index in [9.17, 15) is 0 Å². The fraction of sp³-hybridized carbons (Fsp3) is 0. The Balaban J connectivity index is 0.000000152. The Morgan fingerprint density at radius 3 is 0.857 bits per heavy atom. The number of thiophene rings is 2. The summed E-state index contributed by atoms with van der Waals surface area (Å²) in [5.41, 5.74) is 24.3. The average molecular weight is 1290 g/mol. The number of nitrogens with zero attached hydrogens (tertiary/aromatic N) is 4. The van der Waals surface area contributed by atoms with Crippen molar-refractivity contribution in [3.8, 4) is 135 Å². The molecule has 0 saturated heterocycles. The summed E-state index contributed by atoms with van der Waals surface area (Å²) >= 11 is 3.73. The number of rotatable bonds is 12. The number of benzene rings is 14. The molecular formula is C92H60N4S2. The first kappa shape index (κ1) is 59.4. The molecule has 4 aromatic heterocycles. The molecule has 0 N–H and O–H groups in total. The third kappa shape index (κ3) is 12.2. The van der Waals surface area contributed by atoms with Gasteiger partial charge < -0.3 is 0 Å². The van der Waals surface area contributed by atoms with Crippen molar-refractivity contribution in [1.29, 1.82) is 0 Å². The molecule has 460 valence electrons. The molecular weight excluding hydrogens is 1230 g/mol. The van der Waals surface area contributed by atoms with Gasteiger partial charge in [0.1, 0.15) is 0 Å². The Morgan fingerprint density at radius 1 is 0.163 bits per heavy atom. The maximum atomic E-state index is 5.05. The number of aromatic nitrogens is 4. The van der Waals surface area contributed by atoms with E-state index in [0.717, 1.165) is 67.5 Å². The number of hydrogen-bond acceptors (Lipinski definition) is 6. The van der Waals surface area contributed by atoms with E-state index >= 15 is 0 Å². The molecule has 0 amide bonds. The Bertz CT molecular complexity index is 5780. The third-order valence-electron chi connectivity index (χ3n) is 18.3. The minimum atomic E-state index is 0.713. The van der Waals surface area contributed by atoms with Gasteiger partial charge in [0.15, 0.2) is 11.6 Å². The van der Waals surface area contributed by atoms with E-state index < -0.39 is 0 Å². The SMILES string of the molecule is c1ccc(-c2cc(-c3ccc(-c4ccc(-c5cccc6c5sc5ccccc56)cc4)cc3)nc(-c3ccccc3)n2)cc1.c1ccc(-c2ccc(-c3cc(-c4ccc(-c5ccc(-c6ccc(-c7ccc8sc9ccccc9c8c7)cc6)cc5)cc4)nc(-c4ccccc4)n3)cc2)cc1. The molecule has 4 heterocycles. The minimum Gasteiger partial charge on any atom is -0.228 e. The highest BCUT2D eigenvalue weighted by molar-refractivity contribution is 7.26. The average Bonchev–Trinajstić information content (AvgIpc) is 1.60. The Kier molecular flexibility index (Phi) is 16.0. The highest BCUT2D eigenvalue weighted by atomic mass is 32.1. The predicted molar refractivity (Wildman–Crippen MR) is 415 cm³/mol. The van der Waals surface area contributed by atoms with Gasteiger partial charge in [-0.25, -0.2) is 19.9 Å². The van der Waals surface area contributed by atoms with Gasteiger partial charge in [-0.3, -0.25) is 0 Å². The summed E-state index contributed by atoms with van der Waals surface area (Å²) in [6.07, 6.45) is 0. The highest BCUT2D eigenvalue weighted by Crippen LogP contribution is 2.42. The van der Waals surface area contributed by atoms with Crippen LogP contribution in [-0.2, 0) is 0 Å². The molecule has 0 radical (unpaired) electrons. The largest absolute Gasteiger partial charge is 0.228 e. The first-order valence-corrected chi connectivity index (χ1v) is 34.6. The van der Waals surface area contributed by atoms with Gasteiger partial charge in [-0.2, -0.15) is 0 Å². The lowest BCUT2D eigenvalue weighted by molar-refractivity contribution is 1.18. The molecule has 0 atom stereocenters. The molecule has 0 aliphatic carbocycles. The lowest BCUT2D eigenvalue weighted by Crippen LogP contribution is -1.96. The summed E-state index contributed by atoms with van der Waals surface area (Å²) in [5, 5.41) is 5.32. The Labute approximate surface area is 577 Å². The van der Waals surface area contributed by atoms with Crippen molar-refractivity contribution in [3.63, 3.8) is 0 Å². The molecule has 0 aliphatic heterocycles. The first-order valence-electron chi connectivity index (χ1n) is 33.0. The lowest BCUT2D eigenvalue weighted by atomic mass is 9.97. The van der Waals surface area contributed by atoms with Crippen LogP contribution in [0.5, 0.6) is 0 Å². The van der Waals surface area contributed by atoms with E-state index in [0.29, 0.717) is 5.82 Å². The Hall–Kier alpha value is -12.3. The molecule has 0 bridgehead atoms. The van der Waals surface area contributed by atoms with Gasteiger partial charge in [-0.05, 0) is 103 Å². The van der Waals surface area contributed by atoms with E-state index in [1.54, 1.807) is 0 Å². The van der Waals surface area contributed by atoms with Crippen LogP contribution in [0.25, 0.3) is 175 Å². The Morgan fingerprint density at radius 2 is 0.439 bits per heavy atom. The lowest BCUT2D eigenvalue weighted by Gasteiger charge is -2.11. The monoisotopic (exact) mass is 1280 g/mol. The smallest absolute Gasteiger partial charge is 0.160 e. The van der Waals surface area contributed by atoms with Gasteiger partial charge in [0.2, 0.25) is 0 Å². The maximum Gasteiger partial charge on any atom is 0.160 e. The van der Waals surface area contributed by atoms with Gasteiger partial charge in [-0.1, -0.05) is 328 Å². The van der Waals surface area contributed by atoms with Crippen molar-refractivity contribution in [2.24, 2.45) is 0 Å². The molecule has 0 saturated carbocycles. The summed E-state index contributed by atoms with van der Waals surface area (Å²) in [6.45, 7) is 0. The quantitative estimate of drug-likeness (QED) is 0.122. The number of hydrogen-bond donors (Lipinski definition) is 0. The molecule has 98 heavy (non-hydrogen) atoms. The fourth-order valence-electron chi connectivity index (χ4n) is 13.1. The zero-order valence-corrected chi connectivity index (χ0v) is 54.9. The zero-order valence-electron chi connectivity index (χ0n) is 53.2. The van der Waals surface area contributed by atoms with Crippen molar-refractivity contribution >= 4 is 63.0 Å². The van der Waals surface area contributed by atoms with Crippen LogP contribution < -0.4 is 0 Å². The van der Waals surface area contributed by atoms with Crippen LogP contribution in [0.15, 0.2) is 364 Å². The second kappa shape index (κ2) is 26.5. The van der Waals surface area contributed by atoms with E-state index in [2.05, 4.69) is 303 Å². The highest BCUT2D eigenvalue weighted by Gasteiger charge is 2.16. The summed E-state index contributed by atoms with van der Waals surface area (Å²) < 4.78 is 5.34. The fourth-order valence-corrected chi connectivity index (χ4v) is 15.4. The van der Waals surface area contributed by atoms with Crippen LogP contribution in [0.3, 0.4) is 0 Å². The van der Waals surface area contributed by atoms with Gasteiger partial charge in [0.25, 0.3) is 0 Å². The van der Waals surface area contributed by atoms with Gasteiger partial charge in [0, 0.05) is 73.7 Å². The molecule has 6 heteroatoms. The van der Waals surface area contributed by atoms with E-state index in [4.69, 9.17) is 19.9 Å². The molecule has 18 aromatic rings. The van der Waals surface area contributed by atoms with Crippen LogP contribution >= 0.6 is 22.7 Å². The molecule has 0 unspecified atom stereocenters. The van der Waals surface area contributed by atoms with Crippen molar-refractivity contribution < 1.29 is 0 Å². The summed E-state index contributed by atoms with van der Waals surface area (Å²) in [4.78, 5) is 20.0. The summed E-state index contributed by atoms with van der Waals surface area (Å²) in [5.74, 6) is 1.44. The molecule has 14 aromatic carbocycles. The van der Waals surface area contributed by atoms with Crippen molar-refractivity contribution in [1.82, 2.24) is 19.9 Å². The van der Waals surface area contributed by atoms with E-state index in [1.807, 2.05) is 83.3 Å².